The summed E-state index contributed by atoms with van der Waals surface area (Å²) in [6.45, 7) is 3.94. The van der Waals surface area contributed by atoms with E-state index < -0.39 is 10.8 Å². The van der Waals surface area contributed by atoms with Gasteiger partial charge in [0.2, 0.25) is 11.8 Å². The highest BCUT2D eigenvalue weighted by Gasteiger charge is 2.15. The minimum Gasteiger partial charge on any atom is -0.469 e. The summed E-state index contributed by atoms with van der Waals surface area (Å²) in [5.74, 6) is -0.211. The van der Waals surface area contributed by atoms with E-state index in [4.69, 9.17) is 4.42 Å². The summed E-state index contributed by atoms with van der Waals surface area (Å²) in [4.78, 5) is 23.9. The molecule has 0 aliphatic rings. The highest BCUT2D eigenvalue weighted by atomic mass is 32.2. The lowest BCUT2D eigenvalue weighted by molar-refractivity contribution is -0.119. The van der Waals surface area contributed by atoms with Gasteiger partial charge in [0.1, 0.15) is 17.3 Å². The molecule has 0 fully saturated rings. The second kappa shape index (κ2) is 10.7. The van der Waals surface area contributed by atoms with E-state index in [1.807, 2.05) is 43.3 Å². The minimum atomic E-state index is -1.55. The maximum absolute atomic E-state index is 12.1. The summed E-state index contributed by atoms with van der Waals surface area (Å²) in [7, 11) is -1.55. The molecular formula is C20H26N2O4S. The van der Waals surface area contributed by atoms with Crippen molar-refractivity contribution in [2.45, 2.75) is 39.2 Å². The quantitative estimate of drug-likeness (QED) is 0.653. The molecule has 0 saturated heterocycles. The van der Waals surface area contributed by atoms with Crippen LogP contribution in [0.1, 0.15) is 31.6 Å². The van der Waals surface area contributed by atoms with Gasteiger partial charge in [0, 0.05) is 28.9 Å². The average Bonchev–Trinajstić information content (AvgIpc) is 3.13. The molecule has 6 nitrogen and oxygen atoms in total. The molecule has 2 aromatic rings. The first-order valence-electron chi connectivity index (χ1n) is 9.01. The molecule has 1 aromatic carbocycles. The number of hydrogen-bond donors (Lipinski definition) is 2. The van der Waals surface area contributed by atoms with Crippen molar-refractivity contribution < 1.29 is 18.2 Å². The standard InChI is InChI=1S/C20H26N2O4S/c1-3-16-7-9-17(10-8-16)22-20(24)14-27(25)13-19(23)21-15(2)6-11-18-5-4-12-26-18/h4-5,7-10,12,15H,3,6,11,13-14H2,1-2H3,(H,21,23)(H,22,24)/t15-,27+/m1/s1. The number of rotatable bonds is 10. The van der Waals surface area contributed by atoms with E-state index in [9.17, 15) is 13.8 Å². The van der Waals surface area contributed by atoms with Crippen LogP contribution in [0.15, 0.2) is 47.1 Å². The monoisotopic (exact) mass is 390 g/mol. The number of carbonyl (C=O) groups excluding carboxylic acids is 2. The lowest BCUT2D eigenvalue weighted by Gasteiger charge is -2.13. The highest BCUT2D eigenvalue weighted by molar-refractivity contribution is 7.86. The van der Waals surface area contributed by atoms with Crippen LogP contribution in [0.4, 0.5) is 5.69 Å². The SMILES string of the molecule is CCc1ccc(NC(=O)C[S@@](=O)CC(=O)N[C@H](C)CCc2ccco2)cc1. The number of anilines is 1. The minimum absolute atomic E-state index is 0.0643. The summed E-state index contributed by atoms with van der Waals surface area (Å²) in [5.41, 5.74) is 1.83. The van der Waals surface area contributed by atoms with Gasteiger partial charge in [0.25, 0.3) is 0 Å². The molecule has 0 aliphatic heterocycles. The lowest BCUT2D eigenvalue weighted by atomic mass is 10.1. The van der Waals surface area contributed by atoms with Crippen LogP contribution in [0.25, 0.3) is 0 Å². The highest BCUT2D eigenvalue weighted by Crippen LogP contribution is 2.10. The van der Waals surface area contributed by atoms with E-state index in [0.717, 1.165) is 25.0 Å². The van der Waals surface area contributed by atoms with Crippen molar-refractivity contribution in [2.75, 3.05) is 16.8 Å². The first-order valence-corrected chi connectivity index (χ1v) is 10.5. The number of carbonyl (C=O) groups is 2. The molecule has 0 spiro atoms. The number of furan rings is 1. The van der Waals surface area contributed by atoms with Crippen LogP contribution in [0.2, 0.25) is 0 Å². The molecule has 7 heteroatoms. The largest absolute Gasteiger partial charge is 0.469 e. The molecule has 2 amide bonds. The number of hydrogen-bond acceptors (Lipinski definition) is 4. The topological polar surface area (TPSA) is 88.4 Å². The van der Waals surface area contributed by atoms with Crippen molar-refractivity contribution in [1.82, 2.24) is 5.32 Å². The van der Waals surface area contributed by atoms with Gasteiger partial charge in [0.15, 0.2) is 0 Å². The second-order valence-electron chi connectivity index (χ2n) is 6.41. The van der Waals surface area contributed by atoms with Crippen LogP contribution in [0.3, 0.4) is 0 Å². The molecule has 1 aromatic heterocycles. The first-order chi connectivity index (χ1) is 13.0. The fourth-order valence-corrected chi connectivity index (χ4v) is 3.41. The van der Waals surface area contributed by atoms with Crippen LogP contribution in [-0.4, -0.2) is 33.6 Å². The van der Waals surface area contributed by atoms with Crippen LogP contribution < -0.4 is 10.6 Å². The van der Waals surface area contributed by atoms with E-state index in [2.05, 4.69) is 17.6 Å². The zero-order chi connectivity index (χ0) is 19.6. The van der Waals surface area contributed by atoms with Crippen molar-refractivity contribution in [2.24, 2.45) is 0 Å². The predicted octanol–water partition coefficient (Wildman–Crippen LogP) is 2.67. The van der Waals surface area contributed by atoms with Gasteiger partial charge in [-0.1, -0.05) is 19.1 Å². The zero-order valence-electron chi connectivity index (χ0n) is 15.7. The van der Waals surface area contributed by atoms with Crippen LogP contribution >= 0.6 is 0 Å². The maximum Gasteiger partial charge on any atom is 0.237 e. The fraction of sp³-hybridized carbons (Fsp3) is 0.400. The molecule has 2 atom stereocenters. The number of benzene rings is 1. The molecule has 146 valence electrons. The van der Waals surface area contributed by atoms with Gasteiger partial charge in [-0.25, -0.2) is 0 Å². The Bertz CT molecular complexity index is 757. The number of aryl methyl sites for hydroxylation is 2. The fourth-order valence-electron chi connectivity index (χ4n) is 2.57. The molecule has 2 N–H and O–H groups in total. The summed E-state index contributed by atoms with van der Waals surface area (Å²) in [5, 5.41) is 5.50. The van der Waals surface area contributed by atoms with Gasteiger partial charge in [-0.15, -0.1) is 0 Å². The Morgan fingerprint density at radius 1 is 1.11 bits per heavy atom. The Hall–Kier alpha value is -2.41. The summed E-state index contributed by atoms with van der Waals surface area (Å²) in [6.07, 6.45) is 3.98. The smallest absolute Gasteiger partial charge is 0.237 e. The molecule has 27 heavy (non-hydrogen) atoms. The molecule has 0 radical (unpaired) electrons. The van der Waals surface area contributed by atoms with Crippen LogP contribution in [-0.2, 0) is 33.2 Å². The lowest BCUT2D eigenvalue weighted by Crippen LogP contribution is -2.37. The van der Waals surface area contributed by atoms with E-state index >= 15 is 0 Å². The van der Waals surface area contributed by atoms with Gasteiger partial charge in [-0.2, -0.15) is 0 Å². The third-order valence-corrected chi connectivity index (χ3v) is 5.21. The molecule has 0 aliphatic carbocycles. The third kappa shape index (κ3) is 7.78. The van der Waals surface area contributed by atoms with Crippen molar-refractivity contribution in [3.8, 4) is 0 Å². The number of amides is 2. The summed E-state index contributed by atoms with van der Waals surface area (Å²) < 4.78 is 17.3. The Kier molecular flexibility index (Phi) is 8.26. The molecule has 0 bridgehead atoms. The van der Waals surface area contributed by atoms with E-state index in [-0.39, 0.29) is 29.4 Å². The maximum atomic E-state index is 12.1. The van der Waals surface area contributed by atoms with Gasteiger partial charge in [-0.05, 0) is 49.6 Å². The van der Waals surface area contributed by atoms with Gasteiger partial charge >= 0.3 is 0 Å². The van der Waals surface area contributed by atoms with Crippen molar-refractivity contribution in [3.05, 3.63) is 54.0 Å². The normalized spacial score (nSPS) is 13.0. The van der Waals surface area contributed by atoms with Crippen molar-refractivity contribution in [3.63, 3.8) is 0 Å². The van der Waals surface area contributed by atoms with E-state index in [1.165, 1.54) is 5.56 Å². The van der Waals surface area contributed by atoms with Crippen LogP contribution in [0, 0.1) is 0 Å². The van der Waals surface area contributed by atoms with Gasteiger partial charge < -0.3 is 15.1 Å². The second-order valence-corrected chi connectivity index (χ2v) is 7.87. The Labute approximate surface area is 162 Å². The predicted molar refractivity (Wildman–Crippen MR) is 107 cm³/mol. The average molecular weight is 391 g/mol. The van der Waals surface area contributed by atoms with Crippen molar-refractivity contribution in [1.29, 1.82) is 0 Å². The third-order valence-electron chi connectivity index (χ3n) is 4.04. The summed E-state index contributed by atoms with van der Waals surface area (Å²) in [6, 6.07) is 11.1. The van der Waals surface area contributed by atoms with Gasteiger partial charge in [-0.3, -0.25) is 13.8 Å². The Balaban J connectivity index is 1.68. The Morgan fingerprint density at radius 3 is 2.44 bits per heavy atom. The molecule has 2 rings (SSSR count). The van der Waals surface area contributed by atoms with E-state index in [0.29, 0.717) is 5.69 Å². The molecule has 1 heterocycles. The summed E-state index contributed by atoms with van der Waals surface area (Å²) >= 11 is 0. The van der Waals surface area contributed by atoms with E-state index in [1.54, 1.807) is 6.26 Å². The zero-order valence-corrected chi connectivity index (χ0v) is 16.5. The molecule has 0 saturated carbocycles. The molecular weight excluding hydrogens is 364 g/mol. The van der Waals surface area contributed by atoms with Gasteiger partial charge in [0.05, 0.1) is 6.26 Å². The molecule has 0 unspecified atom stereocenters. The van der Waals surface area contributed by atoms with Crippen LogP contribution in [0.5, 0.6) is 0 Å². The Morgan fingerprint density at radius 2 is 1.81 bits per heavy atom. The number of nitrogens with one attached hydrogen (secondary N) is 2. The first kappa shape index (κ1) is 20.9. The van der Waals surface area contributed by atoms with Crippen molar-refractivity contribution >= 4 is 28.3 Å².